The van der Waals surface area contributed by atoms with Crippen LogP contribution in [0.1, 0.15) is 11.1 Å². The first-order valence-corrected chi connectivity index (χ1v) is 9.32. The first-order chi connectivity index (χ1) is 15.0. The Balaban J connectivity index is 1.74. The lowest BCUT2D eigenvalue weighted by Gasteiger charge is -2.13. The number of nitrogen functional groups attached to an aromatic ring is 1. The van der Waals surface area contributed by atoms with Gasteiger partial charge in [-0.3, -0.25) is 9.20 Å². The Labute approximate surface area is 175 Å². The van der Waals surface area contributed by atoms with Crippen LogP contribution in [0.2, 0.25) is 0 Å². The number of hydrogen-bond acceptors (Lipinski definition) is 6. The maximum absolute atomic E-state index is 13.7. The molecule has 154 valence electrons. The van der Waals surface area contributed by atoms with Crippen LogP contribution < -0.4 is 16.6 Å². The van der Waals surface area contributed by atoms with Crippen LogP contribution in [-0.4, -0.2) is 20.9 Å². The van der Waals surface area contributed by atoms with E-state index in [1.54, 1.807) is 6.07 Å². The number of nitrogens with two attached hydrogens (primary N) is 1. The van der Waals surface area contributed by atoms with E-state index in [2.05, 4.69) is 15.3 Å². The van der Waals surface area contributed by atoms with E-state index >= 15 is 0 Å². The molecule has 4 aromatic rings. The average molecular weight is 418 g/mol. The van der Waals surface area contributed by atoms with E-state index in [4.69, 9.17) is 5.73 Å². The van der Waals surface area contributed by atoms with Gasteiger partial charge in [0.2, 0.25) is 0 Å². The summed E-state index contributed by atoms with van der Waals surface area (Å²) in [6, 6.07) is 12.1. The van der Waals surface area contributed by atoms with Gasteiger partial charge in [-0.2, -0.15) is 5.26 Å². The van der Waals surface area contributed by atoms with Crippen molar-refractivity contribution in [3.05, 3.63) is 88.1 Å². The highest BCUT2D eigenvalue weighted by Gasteiger charge is 2.15. The molecule has 3 heterocycles. The van der Waals surface area contributed by atoms with Gasteiger partial charge in [-0.05, 0) is 47.9 Å². The van der Waals surface area contributed by atoms with E-state index in [0.29, 0.717) is 35.2 Å². The molecule has 9 heteroatoms. The summed E-state index contributed by atoms with van der Waals surface area (Å²) in [7, 11) is 0. The first-order valence-electron chi connectivity index (χ1n) is 9.32. The van der Waals surface area contributed by atoms with E-state index in [1.807, 2.05) is 6.07 Å². The summed E-state index contributed by atoms with van der Waals surface area (Å²) in [5.41, 5.74) is 7.48. The molecule has 0 saturated heterocycles. The molecule has 4 rings (SSSR count). The van der Waals surface area contributed by atoms with Gasteiger partial charge in [0.25, 0.3) is 5.56 Å². The van der Waals surface area contributed by atoms with Gasteiger partial charge in [0, 0.05) is 18.3 Å². The zero-order chi connectivity index (χ0) is 22.0. The van der Waals surface area contributed by atoms with E-state index in [9.17, 15) is 18.8 Å². The van der Waals surface area contributed by atoms with E-state index in [1.165, 1.54) is 47.1 Å². The van der Waals surface area contributed by atoms with Gasteiger partial charge < -0.3 is 11.1 Å². The van der Waals surface area contributed by atoms with Crippen LogP contribution in [0.4, 0.5) is 20.4 Å². The van der Waals surface area contributed by atoms with Crippen molar-refractivity contribution in [2.24, 2.45) is 0 Å². The molecule has 0 amide bonds. The summed E-state index contributed by atoms with van der Waals surface area (Å²) in [4.78, 5) is 21.0. The number of pyridine rings is 2. The van der Waals surface area contributed by atoms with Crippen molar-refractivity contribution in [3.63, 3.8) is 0 Å². The molecule has 1 aromatic carbocycles. The van der Waals surface area contributed by atoms with Crippen molar-refractivity contribution < 1.29 is 8.78 Å². The van der Waals surface area contributed by atoms with Crippen molar-refractivity contribution in [3.8, 4) is 17.2 Å². The summed E-state index contributed by atoms with van der Waals surface area (Å²) in [6.45, 7) is 0.330. The highest BCUT2D eigenvalue weighted by Crippen LogP contribution is 2.23. The van der Waals surface area contributed by atoms with E-state index in [0.717, 1.165) is 6.20 Å². The van der Waals surface area contributed by atoms with Crippen LogP contribution in [-0.2, 0) is 6.42 Å². The number of anilines is 2. The third-order valence-corrected chi connectivity index (χ3v) is 4.83. The SMILES string of the molecule is N#Cc1c(N)ncnc1NCCc1cc2ccc(F)cn2c(=O)c1-c1ccc(F)cc1. The Hall–Kier alpha value is -4.32. The Morgan fingerprint density at radius 2 is 1.84 bits per heavy atom. The topological polar surface area (TPSA) is 109 Å². The molecule has 0 bridgehead atoms. The van der Waals surface area contributed by atoms with Crippen LogP contribution in [0.15, 0.2) is 59.8 Å². The molecule has 0 aliphatic rings. The molecule has 31 heavy (non-hydrogen) atoms. The van der Waals surface area contributed by atoms with Crippen molar-refractivity contribution in [1.82, 2.24) is 14.4 Å². The number of hydrogen-bond donors (Lipinski definition) is 2. The number of aromatic nitrogens is 3. The summed E-state index contributed by atoms with van der Waals surface area (Å²) < 4.78 is 28.4. The molecule has 0 aliphatic heterocycles. The minimum Gasteiger partial charge on any atom is -0.382 e. The van der Waals surface area contributed by atoms with Gasteiger partial charge in [-0.25, -0.2) is 18.7 Å². The lowest BCUT2D eigenvalue weighted by Crippen LogP contribution is -2.20. The van der Waals surface area contributed by atoms with E-state index < -0.39 is 17.2 Å². The number of nitrogens with zero attached hydrogens (tertiary/aromatic N) is 4. The zero-order valence-electron chi connectivity index (χ0n) is 16.1. The summed E-state index contributed by atoms with van der Waals surface area (Å²) in [5, 5.41) is 12.3. The molecule has 3 aromatic heterocycles. The van der Waals surface area contributed by atoms with Crippen molar-refractivity contribution in [2.45, 2.75) is 6.42 Å². The van der Waals surface area contributed by atoms with Crippen molar-refractivity contribution >= 4 is 17.2 Å². The first kappa shape index (κ1) is 20.0. The van der Waals surface area contributed by atoms with Gasteiger partial charge in [-0.1, -0.05) is 12.1 Å². The number of nitrogens with one attached hydrogen (secondary N) is 1. The molecule has 3 N–H and O–H groups in total. The second kappa shape index (κ2) is 8.20. The minimum atomic E-state index is -0.542. The normalized spacial score (nSPS) is 10.7. The van der Waals surface area contributed by atoms with Crippen LogP contribution >= 0.6 is 0 Å². The van der Waals surface area contributed by atoms with Gasteiger partial charge in [-0.15, -0.1) is 0 Å². The molecule has 0 unspecified atom stereocenters. The van der Waals surface area contributed by atoms with Gasteiger partial charge in [0.15, 0.2) is 0 Å². The molecule has 0 fully saturated rings. The number of halogens is 2. The monoisotopic (exact) mass is 418 g/mol. The lowest BCUT2D eigenvalue weighted by atomic mass is 9.98. The van der Waals surface area contributed by atoms with Crippen LogP contribution in [0.25, 0.3) is 16.6 Å². The fourth-order valence-electron chi connectivity index (χ4n) is 3.37. The number of fused-ring (bicyclic) bond motifs is 1. The fraction of sp³-hybridized carbons (Fsp3) is 0.0909. The van der Waals surface area contributed by atoms with Crippen LogP contribution in [0, 0.1) is 23.0 Å². The molecular formula is C22H16F2N6O. The molecule has 0 radical (unpaired) electrons. The Morgan fingerprint density at radius 3 is 2.58 bits per heavy atom. The average Bonchev–Trinajstić information content (AvgIpc) is 2.76. The predicted octanol–water partition coefficient (Wildman–Crippen LogP) is 3.14. The number of rotatable bonds is 5. The third kappa shape index (κ3) is 3.91. The fourth-order valence-corrected chi connectivity index (χ4v) is 3.37. The second-order valence-corrected chi connectivity index (χ2v) is 6.77. The smallest absolute Gasteiger partial charge is 0.263 e. The quantitative estimate of drug-likeness (QED) is 0.515. The van der Waals surface area contributed by atoms with Gasteiger partial charge >= 0.3 is 0 Å². The Morgan fingerprint density at radius 1 is 1.10 bits per heavy atom. The third-order valence-electron chi connectivity index (χ3n) is 4.83. The zero-order valence-corrected chi connectivity index (χ0v) is 16.1. The van der Waals surface area contributed by atoms with Gasteiger partial charge in [0.05, 0.1) is 5.56 Å². The second-order valence-electron chi connectivity index (χ2n) is 6.77. The molecular weight excluding hydrogens is 402 g/mol. The molecule has 0 atom stereocenters. The van der Waals surface area contributed by atoms with Crippen molar-refractivity contribution in [2.75, 3.05) is 17.6 Å². The molecule has 0 saturated carbocycles. The maximum Gasteiger partial charge on any atom is 0.263 e. The standard InChI is InChI=1S/C22H16F2N6O/c23-15-3-1-13(2-4-15)19-14(9-17-6-5-16(24)11-30(17)22(19)31)7-8-27-21-18(10-25)20(26)28-12-29-21/h1-6,9,11-12H,7-8H2,(H3,26,27,28,29). The largest absolute Gasteiger partial charge is 0.382 e. The maximum atomic E-state index is 13.7. The molecule has 0 aliphatic carbocycles. The Kier molecular flexibility index (Phi) is 5.28. The number of nitriles is 1. The number of benzene rings is 1. The van der Waals surface area contributed by atoms with Crippen LogP contribution in [0.3, 0.4) is 0 Å². The Bertz CT molecular complexity index is 1380. The molecule has 7 nitrogen and oxygen atoms in total. The highest BCUT2D eigenvalue weighted by atomic mass is 19.1. The van der Waals surface area contributed by atoms with Crippen LogP contribution in [0.5, 0.6) is 0 Å². The predicted molar refractivity (Wildman–Crippen MR) is 112 cm³/mol. The highest BCUT2D eigenvalue weighted by molar-refractivity contribution is 5.70. The summed E-state index contributed by atoms with van der Waals surface area (Å²) in [5.74, 6) is -0.611. The summed E-state index contributed by atoms with van der Waals surface area (Å²) >= 11 is 0. The van der Waals surface area contributed by atoms with E-state index in [-0.39, 0.29) is 17.2 Å². The lowest BCUT2D eigenvalue weighted by molar-refractivity contribution is 0.618. The molecule has 0 spiro atoms. The van der Waals surface area contributed by atoms with Crippen molar-refractivity contribution in [1.29, 1.82) is 5.26 Å². The summed E-state index contributed by atoms with van der Waals surface area (Å²) in [6.07, 6.45) is 2.75. The van der Waals surface area contributed by atoms with Gasteiger partial charge in [0.1, 0.15) is 41.2 Å². The minimum absolute atomic E-state index is 0.0676.